The van der Waals surface area contributed by atoms with Gasteiger partial charge in [0, 0.05) is 6.04 Å². The summed E-state index contributed by atoms with van der Waals surface area (Å²) in [6.07, 6.45) is 14.6. The van der Waals surface area contributed by atoms with Crippen LogP contribution < -0.4 is 5.73 Å². The van der Waals surface area contributed by atoms with E-state index in [0.717, 1.165) is 0 Å². The maximum absolute atomic E-state index is 6.60. The van der Waals surface area contributed by atoms with Gasteiger partial charge in [0.2, 0.25) is 0 Å². The molecule has 0 saturated heterocycles. The Morgan fingerprint density at radius 3 is 2.76 bits per heavy atom. The molecule has 2 aliphatic rings. The quantitative estimate of drug-likeness (QED) is 0.704. The first kappa shape index (κ1) is 13.1. The van der Waals surface area contributed by atoms with Gasteiger partial charge in [-0.15, -0.1) is 0 Å². The Balaban J connectivity index is 2.06. The van der Waals surface area contributed by atoms with Crippen molar-refractivity contribution in [2.75, 3.05) is 0 Å². The fourth-order valence-electron chi connectivity index (χ4n) is 3.79. The monoisotopic (exact) mass is 235 g/mol. The first-order chi connectivity index (χ1) is 8.11. The molecule has 2 rings (SSSR count). The fraction of sp³-hybridized carbons (Fsp3) is 0.875. The van der Waals surface area contributed by atoms with E-state index in [1.54, 1.807) is 5.57 Å². The van der Waals surface area contributed by atoms with Gasteiger partial charge in [-0.2, -0.15) is 0 Å². The lowest BCUT2D eigenvalue weighted by molar-refractivity contribution is 0.121. The molecule has 17 heavy (non-hydrogen) atoms. The zero-order chi connectivity index (χ0) is 12.3. The molecule has 0 aromatic carbocycles. The Hall–Kier alpha value is -0.300. The molecule has 0 bridgehead atoms. The molecule has 1 heteroatoms. The number of rotatable bonds is 2. The zero-order valence-corrected chi connectivity index (χ0v) is 11.7. The van der Waals surface area contributed by atoms with Crippen molar-refractivity contribution in [3.05, 3.63) is 11.6 Å². The number of hydrogen-bond donors (Lipinski definition) is 1. The first-order valence-corrected chi connectivity index (χ1v) is 7.56. The Morgan fingerprint density at radius 2 is 2.00 bits per heavy atom. The summed E-state index contributed by atoms with van der Waals surface area (Å²) in [4.78, 5) is 0. The highest BCUT2D eigenvalue weighted by Crippen LogP contribution is 2.43. The van der Waals surface area contributed by atoms with Crippen molar-refractivity contribution in [2.24, 2.45) is 17.1 Å². The van der Waals surface area contributed by atoms with Gasteiger partial charge in [0.05, 0.1) is 0 Å². The molecular formula is C16H29N. The summed E-state index contributed by atoms with van der Waals surface area (Å²) in [5, 5.41) is 0. The van der Waals surface area contributed by atoms with Crippen LogP contribution in [0.25, 0.3) is 0 Å². The van der Waals surface area contributed by atoms with E-state index < -0.39 is 0 Å². The van der Waals surface area contributed by atoms with Crippen molar-refractivity contribution >= 4 is 0 Å². The zero-order valence-electron chi connectivity index (χ0n) is 11.7. The number of nitrogens with two attached hydrogens (primary N) is 1. The van der Waals surface area contributed by atoms with Gasteiger partial charge in [-0.25, -0.2) is 0 Å². The maximum atomic E-state index is 6.60. The normalized spacial score (nSPS) is 31.5. The van der Waals surface area contributed by atoms with Crippen molar-refractivity contribution < 1.29 is 0 Å². The Labute approximate surface area is 107 Å². The fourth-order valence-corrected chi connectivity index (χ4v) is 3.79. The van der Waals surface area contributed by atoms with E-state index in [1.165, 1.54) is 57.8 Å². The van der Waals surface area contributed by atoms with Crippen LogP contribution in [0.4, 0.5) is 0 Å². The van der Waals surface area contributed by atoms with Crippen molar-refractivity contribution in [3.8, 4) is 0 Å². The second-order valence-electron chi connectivity index (χ2n) is 6.75. The second kappa shape index (κ2) is 5.56. The van der Waals surface area contributed by atoms with E-state index in [0.29, 0.717) is 17.4 Å². The minimum Gasteiger partial charge on any atom is -0.324 e. The average Bonchev–Trinajstić information content (AvgIpc) is 2.56. The van der Waals surface area contributed by atoms with Crippen LogP contribution in [0, 0.1) is 11.3 Å². The highest BCUT2D eigenvalue weighted by atomic mass is 14.7. The molecule has 0 radical (unpaired) electrons. The predicted octanol–water partition coefficient (Wildman–Crippen LogP) is 4.42. The molecule has 2 unspecified atom stereocenters. The molecule has 2 N–H and O–H groups in total. The summed E-state index contributed by atoms with van der Waals surface area (Å²) in [6.45, 7) is 4.85. The van der Waals surface area contributed by atoms with Crippen molar-refractivity contribution in [2.45, 2.75) is 77.7 Å². The van der Waals surface area contributed by atoms with Gasteiger partial charge >= 0.3 is 0 Å². The third kappa shape index (κ3) is 3.13. The molecular weight excluding hydrogens is 206 g/mol. The van der Waals surface area contributed by atoms with Gasteiger partial charge in [-0.1, -0.05) is 44.8 Å². The van der Waals surface area contributed by atoms with Crippen molar-refractivity contribution in [1.82, 2.24) is 0 Å². The average molecular weight is 235 g/mol. The minimum absolute atomic E-state index is 0.336. The minimum atomic E-state index is 0.336. The van der Waals surface area contributed by atoms with Crippen molar-refractivity contribution in [3.63, 3.8) is 0 Å². The smallest absolute Gasteiger partial charge is 0.0287 e. The van der Waals surface area contributed by atoms with Crippen LogP contribution in [0.1, 0.15) is 71.6 Å². The van der Waals surface area contributed by atoms with Gasteiger partial charge in [0.15, 0.2) is 0 Å². The molecule has 1 fully saturated rings. The molecule has 1 saturated carbocycles. The van der Waals surface area contributed by atoms with E-state index in [-0.39, 0.29) is 0 Å². The lowest BCUT2D eigenvalue weighted by atomic mass is 9.64. The maximum Gasteiger partial charge on any atom is 0.0287 e. The largest absolute Gasteiger partial charge is 0.324 e. The topological polar surface area (TPSA) is 26.0 Å². The Bertz CT molecular complexity index is 277. The predicted molar refractivity (Wildman–Crippen MR) is 74.9 cm³/mol. The second-order valence-corrected chi connectivity index (χ2v) is 6.75. The molecule has 0 amide bonds. The van der Waals surface area contributed by atoms with Crippen LogP contribution in [0.2, 0.25) is 0 Å². The van der Waals surface area contributed by atoms with E-state index in [1.807, 2.05) is 0 Å². The van der Waals surface area contributed by atoms with Crippen LogP contribution in [0.5, 0.6) is 0 Å². The Morgan fingerprint density at radius 1 is 1.18 bits per heavy atom. The molecule has 0 aromatic heterocycles. The van der Waals surface area contributed by atoms with Crippen LogP contribution in [0.15, 0.2) is 11.6 Å². The SMILES string of the molecule is CC1(C)CCCCC1C(N)C1=CCCCCC1. The summed E-state index contributed by atoms with van der Waals surface area (Å²) < 4.78 is 0. The molecule has 2 aliphatic carbocycles. The van der Waals surface area contributed by atoms with Crippen LogP contribution >= 0.6 is 0 Å². The highest BCUT2D eigenvalue weighted by molar-refractivity contribution is 5.14. The molecule has 1 nitrogen and oxygen atoms in total. The molecule has 0 aromatic rings. The summed E-state index contributed by atoms with van der Waals surface area (Å²) in [5.74, 6) is 0.709. The summed E-state index contributed by atoms with van der Waals surface area (Å²) in [5.41, 5.74) is 8.62. The third-order valence-electron chi connectivity index (χ3n) is 5.03. The third-order valence-corrected chi connectivity index (χ3v) is 5.03. The van der Waals surface area contributed by atoms with Crippen LogP contribution in [-0.2, 0) is 0 Å². The van der Waals surface area contributed by atoms with Gasteiger partial charge in [0.25, 0.3) is 0 Å². The summed E-state index contributed by atoms with van der Waals surface area (Å²) in [7, 11) is 0. The van der Waals surface area contributed by atoms with Gasteiger partial charge in [-0.05, 0) is 49.9 Å². The highest BCUT2D eigenvalue weighted by Gasteiger charge is 2.37. The number of allylic oxidation sites excluding steroid dienone is 1. The summed E-state index contributed by atoms with van der Waals surface area (Å²) in [6, 6.07) is 0.336. The lowest BCUT2D eigenvalue weighted by Gasteiger charge is -2.42. The van der Waals surface area contributed by atoms with E-state index >= 15 is 0 Å². The van der Waals surface area contributed by atoms with Gasteiger partial charge in [0.1, 0.15) is 0 Å². The van der Waals surface area contributed by atoms with Crippen LogP contribution in [0.3, 0.4) is 0 Å². The van der Waals surface area contributed by atoms with E-state index in [2.05, 4.69) is 19.9 Å². The molecule has 0 aliphatic heterocycles. The molecule has 0 spiro atoms. The van der Waals surface area contributed by atoms with Gasteiger partial charge in [-0.3, -0.25) is 0 Å². The van der Waals surface area contributed by atoms with Crippen molar-refractivity contribution in [1.29, 1.82) is 0 Å². The standard InChI is InChI=1S/C16H29N/c1-16(2)12-8-7-11-14(16)15(17)13-9-5-3-4-6-10-13/h9,14-15H,3-8,10-12,17H2,1-2H3. The number of hydrogen-bond acceptors (Lipinski definition) is 1. The molecule has 0 heterocycles. The first-order valence-electron chi connectivity index (χ1n) is 7.56. The van der Waals surface area contributed by atoms with E-state index in [4.69, 9.17) is 5.73 Å². The Kier molecular flexibility index (Phi) is 4.30. The van der Waals surface area contributed by atoms with Gasteiger partial charge < -0.3 is 5.73 Å². The molecule has 98 valence electrons. The van der Waals surface area contributed by atoms with Crippen LogP contribution in [-0.4, -0.2) is 6.04 Å². The lowest BCUT2D eigenvalue weighted by Crippen LogP contribution is -2.42. The molecule has 2 atom stereocenters. The van der Waals surface area contributed by atoms with E-state index in [9.17, 15) is 0 Å². The summed E-state index contributed by atoms with van der Waals surface area (Å²) >= 11 is 0.